The summed E-state index contributed by atoms with van der Waals surface area (Å²) in [6.07, 6.45) is 1.24. The van der Waals surface area contributed by atoms with Crippen molar-refractivity contribution in [3.8, 4) is 0 Å². The molecule has 0 rings (SSSR count). The Balaban J connectivity index is -0.00000112. The Bertz CT molecular complexity index is 348. The quantitative estimate of drug-likeness (QED) is 0.349. The van der Waals surface area contributed by atoms with E-state index in [0.717, 1.165) is 6.42 Å². The van der Waals surface area contributed by atoms with E-state index in [0.29, 0.717) is 6.42 Å². The fourth-order valence-electron chi connectivity index (χ4n) is 1.00. The van der Waals surface area contributed by atoms with Gasteiger partial charge >= 0.3 is 37.7 Å². The van der Waals surface area contributed by atoms with Crippen LogP contribution >= 0.6 is 18.2 Å². The Labute approximate surface area is 136 Å². The van der Waals surface area contributed by atoms with E-state index in [1.54, 1.807) is 0 Å². The summed E-state index contributed by atoms with van der Waals surface area (Å²) in [6.45, 7) is -3.05. The molecule has 0 aromatic carbocycles. The van der Waals surface area contributed by atoms with Crippen molar-refractivity contribution in [2.24, 2.45) is 5.73 Å². The normalized spacial score (nSPS) is 13.3. The van der Waals surface area contributed by atoms with Gasteiger partial charge in [-0.25, -0.2) is 8.42 Å². The summed E-state index contributed by atoms with van der Waals surface area (Å²) in [5.41, 5.74) is 5.27. The fraction of sp³-hybridized carbons (Fsp3) is 1.00. The van der Waals surface area contributed by atoms with Crippen LogP contribution in [-0.4, -0.2) is 31.7 Å². The second kappa shape index (κ2) is 11.3. The first-order valence-corrected chi connectivity index (χ1v) is 9.66. The predicted octanol–water partition coefficient (Wildman–Crippen LogP) is -6.90. The van der Waals surface area contributed by atoms with Crippen LogP contribution in [0.4, 0.5) is 0 Å². The summed E-state index contributed by atoms with van der Waals surface area (Å²) in [5, 5.41) is -0.958. The van der Waals surface area contributed by atoms with Crippen molar-refractivity contribution in [1.29, 1.82) is 0 Å². The molecule has 0 aromatic heterocycles. The van der Waals surface area contributed by atoms with E-state index >= 15 is 0 Å². The van der Waals surface area contributed by atoms with Gasteiger partial charge in [-0.15, -0.1) is 11.4 Å². The van der Waals surface area contributed by atoms with Gasteiger partial charge in [-0.1, -0.05) is 13.3 Å². The van der Waals surface area contributed by atoms with Crippen LogP contribution in [0.2, 0.25) is 0 Å². The molecule has 1 unspecified atom stereocenters. The molecule has 0 bridgehead atoms. The predicted molar refractivity (Wildman–Crippen MR) is 61.6 cm³/mol. The maximum absolute atomic E-state index is 11.7. The van der Waals surface area contributed by atoms with Crippen LogP contribution in [0.5, 0.6) is 0 Å². The summed E-state index contributed by atoms with van der Waals surface area (Å²) < 4.78 is 33.7. The number of unbranched alkanes of at least 4 members (excludes halogenated alkanes) is 1. The van der Waals surface area contributed by atoms with E-state index in [-0.39, 0.29) is 67.2 Å². The third-order valence-electron chi connectivity index (χ3n) is 1.97. The minimum absolute atomic E-state index is 0. The average Bonchev–Trinajstić information content (AvgIpc) is 2.13. The summed E-state index contributed by atoms with van der Waals surface area (Å²) in [4.78, 5) is 20.8. The molecule has 0 aliphatic carbocycles. The van der Waals surface area contributed by atoms with E-state index in [1.165, 1.54) is 0 Å². The smallest absolute Gasteiger partial charge is 0.803 e. The number of nitrogens with two attached hydrogens (primary N) is 1. The molecule has 11 heteroatoms. The Kier molecular flexibility index (Phi) is 15.4. The monoisotopic (exact) mass is 303 g/mol. The zero-order valence-corrected chi connectivity index (χ0v) is 13.5. The van der Waals surface area contributed by atoms with Crippen molar-refractivity contribution < 1.29 is 60.5 Å². The van der Waals surface area contributed by atoms with E-state index in [1.807, 2.05) is 6.92 Å². The second-order valence-corrected chi connectivity index (χ2v) is 9.32. The SMILES string of the molecule is CCCCS(=O)(=O)C(CN)CSP(=O)([O-])[O-].[Li+].[Li+]. The van der Waals surface area contributed by atoms with Crippen LogP contribution in [-0.2, 0) is 14.4 Å². The summed E-state index contributed by atoms with van der Waals surface area (Å²) in [6, 6.07) is 0. The molecule has 98 valence electrons. The van der Waals surface area contributed by atoms with Crippen LogP contribution in [0.25, 0.3) is 0 Å². The molecular formula is C7H16Li2NO5PS2. The van der Waals surface area contributed by atoms with Crippen molar-refractivity contribution in [2.45, 2.75) is 25.0 Å². The molecule has 0 amide bonds. The number of rotatable bonds is 8. The fourth-order valence-corrected chi connectivity index (χ4v) is 5.23. The molecule has 6 nitrogen and oxygen atoms in total. The zero-order chi connectivity index (χ0) is 12.8. The van der Waals surface area contributed by atoms with Gasteiger partial charge in [0, 0.05) is 12.3 Å². The van der Waals surface area contributed by atoms with Gasteiger partial charge in [0.15, 0.2) is 9.84 Å². The van der Waals surface area contributed by atoms with E-state index in [9.17, 15) is 22.8 Å². The second-order valence-electron chi connectivity index (χ2n) is 3.32. The maximum Gasteiger partial charge on any atom is 1.00 e. The molecule has 0 saturated carbocycles. The number of hydrogen-bond donors (Lipinski definition) is 1. The molecule has 0 aromatic rings. The maximum atomic E-state index is 11.7. The first-order valence-electron chi connectivity index (χ1n) is 4.81. The first kappa shape index (κ1) is 24.6. The van der Waals surface area contributed by atoms with Crippen LogP contribution < -0.4 is 53.2 Å². The molecule has 2 N–H and O–H groups in total. The third kappa shape index (κ3) is 11.4. The van der Waals surface area contributed by atoms with E-state index < -0.39 is 21.9 Å². The zero-order valence-electron chi connectivity index (χ0n) is 11.0. The molecule has 0 radical (unpaired) electrons. The van der Waals surface area contributed by atoms with Crippen LogP contribution in [0.15, 0.2) is 0 Å². The van der Waals surface area contributed by atoms with Gasteiger partial charge in [-0.05, 0) is 13.2 Å². The summed E-state index contributed by atoms with van der Waals surface area (Å²) in [7, 11) is -3.40. The van der Waals surface area contributed by atoms with Crippen molar-refractivity contribution in [3.05, 3.63) is 0 Å². The molecule has 0 aliphatic rings. The molecule has 1 atom stereocenters. The van der Waals surface area contributed by atoms with Gasteiger partial charge in [0.2, 0.25) is 0 Å². The van der Waals surface area contributed by atoms with Crippen molar-refractivity contribution in [3.63, 3.8) is 0 Å². The van der Waals surface area contributed by atoms with E-state index in [2.05, 4.69) is 0 Å². The average molecular weight is 303 g/mol. The Morgan fingerprint density at radius 3 is 2.17 bits per heavy atom. The van der Waals surface area contributed by atoms with Gasteiger partial charge in [0.05, 0.1) is 11.0 Å². The van der Waals surface area contributed by atoms with Gasteiger partial charge in [0.25, 0.3) is 0 Å². The molecule has 18 heavy (non-hydrogen) atoms. The third-order valence-corrected chi connectivity index (χ3v) is 6.68. The van der Waals surface area contributed by atoms with Crippen molar-refractivity contribution in [1.82, 2.24) is 0 Å². The Morgan fingerprint density at radius 2 is 1.83 bits per heavy atom. The van der Waals surface area contributed by atoms with Crippen molar-refractivity contribution >= 4 is 28.0 Å². The summed E-state index contributed by atoms with van der Waals surface area (Å²) >= 11 is 0.112. The Hall–Kier alpha value is 1.60. The minimum atomic E-state index is -4.73. The molecule has 0 fully saturated rings. The number of sulfone groups is 1. The largest absolute Gasteiger partial charge is 1.00 e. The van der Waals surface area contributed by atoms with Gasteiger partial charge in [0.1, 0.15) is 0 Å². The molecule has 0 saturated heterocycles. The molecule has 0 heterocycles. The number of hydrogen-bond acceptors (Lipinski definition) is 7. The van der Waals surface area contributed by atoms with Crippen LogP contribution in [0, 0.1) is 0 Å². The summed E-state index contributed by atoms with van der Waals surface area (Å²) in [5.74, 6) is -0.305. The molecule has 0 spiro atoms. The first-order chi connectivity index (χ1) is 7.23. The van der Waals surface area contributed by atoms with E-state index in [4.69, 9.17) is 5.73 Å². The van der Waals surface area contributed by atoms with Crippen molar-refractivity contribution in [2.75, 3.05) is 18.1 Å². The van der Waals surface area contributed by atoms with Crippen LogP contribution in [0.3, 0.4) is 0 Å². The Morgan fingerprint density at radius 1 is 1.33 bits per heavy atom. The molecular weight excluding hydrogens is 287 g/mol. The topological polar surface area (TPSA) is 123 Å². The van der Waals surface area contributed by atoms with Gasteiger partial charge in [-0.3, -0.25) is 0 Å². The van der Waals surface area contributed by atoms with Gasteiger partial charge < -0.3 is 20.1 Å². The molecule has 0 aliphatic heterocycles. The van der Waals surface area contributed by atoms with Crippen LogP contribution in [0.1, 0.15) is 19.8 Å². The van der Waals surface area contributed by atoms with Gasteiger partial charge in [-0.2, -0.15) is 0 Å². The standard InChI is InChI=1S/C7H18NO5PS2.2Li/c1-2-3-4-16(12,13)7(5-8)6-15-14(9,10)11;;/h7H,2-6,8H2,1H3,(H2,9,10,11);;/q;2*+1/p-2. The minimum Gasteiger partial charge on any atom is -0.803 e.